The first-order chi connectivity index (χ1) is 29.3. The second-order valence-electron chi connectivity index (χ2n) is 15.6. The van der Waals surface area contributed by atoms with Gasteiger partial charge >= 0.3 is 6.98 Å². The van der Waals surface area contributed by atoms with Gasteiger partial charge in [-0.05, 0) is 62.5 Å². The van der Waals surface area contributed by atoms with Gasteiger partial charge in [0.25, 0.3) is 0 Å². The number of benzene rings is 8. The number of nitrogens with zero attached hydrogens (tertiary/aromatic N) is 2. The van der Waals surface area contributed by atoms with Crippen LogP contribution >= 0.6 is 22.7 Å². The molecular weight excluding hydrogens is 772 g/mol. The van der Waals surface area contributed by atoms with Crippen LogP contribution in [0.1, 0.15) is 0 Å². The molecule has 0 unspecified atom stereocenters. The van der Waals surface area contributed by atoms with E-state index in [1.165, 1.54) is 73.2 Å². The predicted molar refractivity (Wildman–Crippen MR) is 256 cm³/mol. The summed E-state index contributed by atoms with van der Waals surface area (Å²) in [6.45, 7) is -0.0761. The molecule has 13 rings (SSSR count). The van der Waals surface area contributed by atoms with E-state index in [0.717, 1.165) is 27.6 Å². The summed E-state index contributed by atoms with van der Waals surface area (Å²) in [6, 6.07) is 74.4. The van der Waals surface area contributed by atoms with Crippen LogP contribution < -0.4 is 35.1 Å². The summed E-state index contributed by atoms with van der Waals surface area (Å²) >= 11 is 3.83. The molecule has 0 bridgehead atoms. The minimum atomic E-state index is -2.80. The number of rotatable bonds is 5. The molecule has 2 aliphatic rings. The number of anilines is 4. The maximum absolute atomic E-state index is 6.54. The Morgan fingerprint density at radius 1 is 0.441 bits per heavy atom. The fraction of sp³-hybridized carbons (Fsp3) is 0. The monoisotopic (exact) mass is 804 g/mol. The first-order valence-corrected chi connectivity index (χ1v) is 23.7. The summed E-state index contributed by atoms with van der Waals surface area (Å²) in [5, 5.41) is 11.7. The topological polar surface area (TPSA) is 19.6 Å². The second kappa shape index (κ2) is 12.7. The van der Waals surface area contributed by atoms with Crippen LogP contribution in [0.15, 0.2) is 205 Å². The SMILES string of the molecule is c1ccc([Si](c2ccccc2)(c2ccccc2)c2ccc3c(c2)-c2c(sc4ccccc24)B2N3c3sc4ccccc4c3N2c2ccc3c(c2)oc2ccccc23)cc1. The molecule has 5 heterocycles. The van der Waals surface area contributed by atoms with Crippen LogP contribution in [0.5, 0.6) is 0 Å². The number of fused-ring (bicyclic) bond motifs is 15. The number of para-hydroxylation sites is 1. The van der Waals surface area contributed by atoms with Crippen LogP contribution in [0, 0.1) is 0 Å². The standard InChI is InChI=1S/C52H33BN2OS2Si/c1-4-16-35(17-5-1)59(36-18-6-2-7-19-36,37-20-8-3-9-21-37)38-29-31-44-43(33-38)49-41-23-11-14-26-47(41)57-51(49)53-54(50-42-24-12-15-27-48(42)58-52(50)55(44)53)34-28-30-40-39-22-10-13-25-45(39)56-46(40)32-34/h1-33H. The zero-order valence-corrected chi connectivity index (χ0v) is 34.4. The number of hydrogen-bond donors (Lipinski definition) is 0. The van der Waals surface area contributed by atoms with E-state index < -0.39 is 8.07 Å². The van der Waals surface area contributed by atoms with Gasteiger partial charge in [0.1, 0.15) is 16.2 Å². The van der Waals surface area contributed by atoms with Crippen molar-refractivity contribution in [3.8, 4) is 11.1 Å². The molecular formula is C52H33BN2OS2Si. The average Bonchev–Trinajstić information content (AvgIpc) is 4.06. The van der Waals surface area contributed by atoms with Crippen LogP contribution in [0.3, 0.4) is 0 Å². The highest BCUT2D eigenvalue weighted by Gasteiger charge is 2.52. The maximum Gasteiger partial charge on any atom is 0.432 e. The molecule has 0 fully saturated rings. The van der Waals surface area contributed by atoms with Gasteiger partial charge in [-0.3, -0.25) is 0 Å². The smallest absolute Gasteiger partial charge is 0.432 e. The molecule has 0 atom stereocenters. The zero-order valence-electron chi connectivity index (χ0n) is 31.7. The number of furan rings is 1. The number of hydrogen-bond acceptors (Lipinski definition) is 5. The first-order valence-electron chi connectivity index (χ1n) is 20.1. The normalized spacial score (nSPS) is 13.3. The Morgan fingerprint density at radius 2 is 1.02 bits per heavy atom. The lowest BCUT2D eigenvalue weighted by molar-refractivity contribution is 0.669. The third kappa shape index (κ3) is 4.63. The minimum absolute atomic E-state index is 0.0761. The summed E-state index contributed by atoms with van der Waals surface area (Å²) in [7, 11) is -2.80. The molecule has 276 valence electrons. The lowest BCUT2D eigenvalue weighted by atomic mass is 9.64. The molecule has 3 aromatic heterocycles. The molecule has 0 radical (unpaired) electrons. The molecule has 0 N–H and O–H groups in total. The third-order valence-corrected chi connectivity index (χ3v) is 19.7. The predicted octanol–water partition coefficient (Wildman–Crippen LogP) is 11.1. The Bertz CT molecular complexity index is 3340. The molecule has 0 saturated heterocycles. The molecule has 0 aliphatic carbocycles. The van der Waals surface area contributed by atoms with Crippen molar-refractivity contribution >= 4 is 127 Å². The first kappa shape index (κ1) is 33.3. The van der Waals surface area contributed by atoms with Crippen molar-refractivity contribution in [2.75, 3.05) is 9.62 Å². The van der Waals surface area contributed by atoms with Gasteiger partial charge in [0.2, 0.25) is 0 Å². The zero-order chi connectivity index (χ0) is 38.7. The molecule has 0 spiro atoms. The van der Waals surface area contributed by atoms with E-state index in [4.69, 9.17) is 4.42 Å². The second-order valence-corrected chi connectivity index (χ2v) is 21.5. The van der Waals surface area contributed by atoms with Gasteiger partial charge in [-0.2, -0.15) is 0 Å². The van der Waals surface area contributed by atoms with Gasteiger partial charge in [-0.15, -0.1) is 22.7 Å². The van der Waals surface area contributed by atoms with Crippen molar-refractivity contribution < 1.29 is 4.42 Å². The van der Waals surface area contributed by atoms with E-state index in [-0.39, 0.29) is 6.98 Å². The van der Waals surface area contributed by atoms with Crippen LogP contribution in [0.4, 0.5) is 22.1 Å². The van der Waals surface area contributed by atoms with Crippen molar-refractivity contribution in [3.05, 3.63) is 200 Å². The largest absolute Gasteiger partial charge is 0.456 e. The molecule has 0 saturated carbocycles. The molecule has 7 heteroatoms. The fourth-order valence-electron chi connectivity index (χ4n) is 10.1. The van der Waals surface area contributed by atoms with Crippen molar-refractivity contribution in [3.63, 3.8) is 0 Å². The summed E-state index contributed by atoms with van der Waals surface area (Å²) in [5.41, 5.74) is 8.09. The van der Waals surface area contributed by atoms with Crippen molar-refractivity contribution in [2.45, 2.75) is 0 Å². The van der Waals surface area contributed by atoms with Crippen molar-refractivity contribution in [1.82, 2.24) is 0 Å². The van der Waals surface area contributed by atoms with Gasteiger partial charge in [-0.1, -0.05) is 158 Å². The fourth-order valence-corrected chi connectivity index (χ4v) is 17.4. The van der Waals surface area contributed by atoms with Crippen molar-refractivity contribution in [1.29, 1.82) is 0 Å². The van der Waals surface area contributed by atoms with Crippen LogP contribution in [0.25, 0.3) is 53.2 Å². The van der Waals surface area contributed by atoms with Gasteiger partial charge < -0.3 is 14.0 Å². The van der Waals surface area contributed by atoms with E-state index in [1.807, 2.05) is 28.7 Å². The quantitative estimate of drug-likeness (QED) is 0.128. The van der Waals surface area contributed by atoms with Crippen LogP contribution in [-0.2, 0) is 0 Å². The maximum atomic E-state index is 6.54. The lowest BCUT2D eigenvalue weighted by Crippen LogP contribution is -2.74. The van der Waals surface area contributed by atoms with Gasteiger partial charge in [0, 0.05) is 58.9 Å². The molecule has 8 aromatic carbocycles. The minimum Gasteiger partial charge on any atom is -0.456 e. The molecule has 2 aliphatic heterocycles. The van der Waals surface area contributed by atoms with E-state index in [0.29, 0.717) is 0 Å². The van der Waals surface area contributed by atoms with Crippen molar-refractivity contribution in [2.24, 2.45) is 0 Å². The van der Waals surface area contributed by atoms with Crippen LogP contribution in [-0.4, -0.2) is 15.1 Å². The number of thiophene rings is 2. The molecule has 3 nitrogen and oxygen atoms in total. The Balaban J connectivity index is 1.11. The Hall–Kier alpha value is -6.64. The highest BCUT2D eigenvalue weighted by atomic mass is 32.1. The summed E-state index contributed by atoms with van der Waals surface area (Å²) < 4.78 is 10.5. The molecule has 0 amide bonds. The average molecular weight is 805 g/mol. The molecule has 11 aromatic rings. The van der Waals surface area contributed by atoms with Gasteiger partial charge in [0.05, 0.1) is 5.69 Å². The summed E-state index contributed by atoms with van der Waals surface area (Å²) in [5.74, 6) is 0. The van der Waals surface area contributed by atoms with Gasteiger partial charge in [0.15, 0.2) is 8.07 Å². The highest BCUT2D eigenvalue weighted by molar-refractivity contribution is 7.32. The van der Waals surface area contributed by atoms with E-state index in [2.05, 4.69) is 204 Å². The highest BCUT2D eigenvalue weighted by Crippen LogP contribution is 2.58. The third-order valence-electron chi connectivity index (χ3n) is 12.6. The summed E-state index contributed by atoms with van der Waals surface area (Å²) in [6.07, 6.45) is 0. The van der Waals surface area contributed by atoms with Crippen LogP contribution in [0.2, 0.25) is 0 Å². The van der Waals surface area contributed by atoms with E-state index >= 15 is 0 Å². The Labute approximate surface area is 350 Å². The Kier molecular flexibility index (Phi) is 7.17. The van der Waals surface area contributed by atoms with Gasteiger partial charge in [-0.25, -0.2) is 0 Å². The molecule has 59 heavy (non-hydrogen) atoms. The van der Waals surface area contributed by atoms with E-state index in [1.54, 1.807) is 0 Å². The van der Waals surface area contributed by atoms with E-state index in [9.17, 15) is 0 Å². The summed E-state index contributed by atoms with van der Waals surface area (Å²) in [4.78, 5) is 5.25. The Morgan fingerprint density at radius 3 is 1.71 bits per heavy atom. The lowest BCUT2D eigenvalue weighted by Gasteiger charge is -2.38.